The second-order valence-corrected chi connectivity index (χ2v) is 8.03. The highest BCUT2D eigenvalue weighted by Crippen LogP contribution is 2.27. The summed E-state index contributed by atoms with van der Waals surface area (Å²) < 4.78 is 39.0. The van der Waals surface area contributed by atoms with Crippen LogP contribution in [-0.4, -0.2) is 39.3 Å². The molecule has 0 atom stereocenters. The molecule has 0 radical (unpaired) electrons. The van der Waals surface area contributed by atoms with Crippen molar-refractivity contribution in [1.29, 1.82) is 0 Å². The number of hydrogen-bond donors (Lipinski definition) is 2. The lowest BCUT2D eigenvalue weighted by Gasteiger charge is -2.16. The summed E-state index contributed by atoms with van der Waals surface area (Å²) in [5.41, 5.74) is 1.50. The van der Waals surface area contributed by atoms with E-state index in [-0.39, 0.29) is 17.2 Å². The van der Waals surface area contributed by atoms with Crippen LogP contribution in [0.1, 0.15) is 12.5 Å². The minimum absolute atomic E-state index is 0.0199. The Bertz CT molecular complexity index is 898. The summed E-state index contributed by atoms with van der Waals surface area (Å²) in [7, 11) is -0.746. The number of anilines is 2. The van der Waals surface area contributed by atoms with Gasteiger partial charge in [0.1, 0.15) is 5.82 Å². The molecular formula is C18H22FN3O3S. The van der Waals surface area contributed by atoms with Gasteiger partial charge in [-0.1, -0.05) is 12.1 Å². The number of rotatable bonds is 7. The number of nitrogens with zero attached hydrogens (tertiary/aromatic N) is 1. The molecule has 8 heteroatoms. The quantitative estimate of drug-likeness (QED) is 0.775. The normalized spacial score (nSPS) is 11.4. The lowest BCUT2D eigenvalue weighted by Crippen LogP contribution is -2.23. The molecule has 140 valence electrons. The van der Waals surface area contributed by atoms with Crippen molar-refractivity contribution in [3.05, 3.63) is 53.8 Å². The van der Waals surface area contributed by atoms with Crippen molar-refractivity contribution in [2.45, 2.75) is 18.2 Å². The third-order valence-corrected chi connectivity index (χ3v) is 5.48. The first-order valence-electron chi connectivity index (χ1n) is 8.08. The summed E-state index contributed by atoms with van der Waals surface area (Å²) in [5, 5.41) is 5.79. The maximum absolute atomic E-state index is 13.3. The van der Waals surface area contributed by atoms with Gasteiger partial charge in [0, 0.05) is 20.6 Å². The Morgan fingerprint density at radius 1 is 1.12 bits per heavy atom. The highest BCUT2D eigenvalue weighted by atomic mass is 32.2. The van der Waals surface area contributed by atoms with Gasteiger partial charge in [-0.05, 0) is 42.8 Å². The number of hydrogen-bond acceptors (Lipinski definition) is 4. The molecule has 2 aromatic carbocycles. The fourth-order valence-electron chi connectivity index (χ4n) is 2.37. The lowest BCUT2D eigenvalue weighted by molar-refractivity contribution is -0.115. The van der Waals surface area contributed by atoms with Crippen LogP contribution in [-0.2, 0) is 21.2 Å². The molecule has 6 nitrogen and oxygen atoms in total. The van der Waals surface area contributed by atoms with Crippen molar-refractivity contribution in [2.24, 2.45) is 0 Å². The molecule has 2 aromatic rings. The molecule has 0 fully saturated rings. The Balaban J connectivity index is 2.29. The molecule has 1 amide bonds. The third kappa shape index (κ3) is 4.80. The van der Waals surface area contributed by atoms with Crippen LogP contribution in [0, 0.1) is 5.82 Å². The van der Waals surface area contributed by atoms with Gasteiger partial charge in [0.25, 0.3) is 0 Å². The summed E-state index contributed by atoms with van der Waals surface area (Å²) >= 11 is 0. The van der Waals surface area contributed by atoms with Crippen LogP contribution >= 0.6 is 0 Å². The predicted octanol–water partition coefficient (Wildman–Crippen LogP) is 2.69. The van der Waals surface area contributed by atoms with E-state index in [1.807, 2.05) is 6.92 Å². The Hall–Kier alpha value is -2.45. The maximum atomic E-state index is 13.3. The second-order valence-electron chi connectivity index (χ2n) is 5.88. The predicted molar refractivity (Wildman–Crippen MR) is 100 cm³/mol. The number of sulfonamides is 1. The van der Waals surface area contributed by atoms with Crippen LogP contribution in [0.4, 0.5) is 15.8 Å². The Labute approximate surface area is 153 Å². The van der Waals surface area contributed by atoms with Crippen molar-refractivity contribution >= 4 is 27.3 Å². The first kappa shape index (κ1) is 19.9. The molecule has 0 saturated heterocycles. The van der Waals surface area contributed by atoms with E-state index in [2.05, 4.69) is 10.6 Å². The minimum Gasteiger partial charge on any atom is -0.384 e. The third-order valence-electron chi connectivity index (χ3n) is 3.66. The number of carbonyl (C=O) groups excluding carboxylic acids is 1. The average molecular weight is 379 g/mol. The molecule has 0 spiro atoms. The molecule has 2 N–H and O–H groups in total. The molecule has 0 aliphatic rings. The number of nitrogens with one attached hydrogen (secondary N) is 2. The molecule has 2 rings (SSSR count). The highest BCUT2D eigenvalue weighted by molar-refractivity contribution is 7.89. The molecule has 0 bridgehead atoms. The van der Waals surface area contributed by atoms with Gasteiger partial charge in [0.05, 0.1) is 22.7 Å². The summed E-state index contributed by atoms with van der Waals surface area (Å²) in [6, 6.07) is 10.3. The Kier molecular flexibility index (Phi) is 6.33. The van der Waals surface area contributed by atoms with Crippen molar-refractivity contribution in [3.8, 4) is 0 Å². The van der Waals surface area contributed by atoms with Crippen molar-refractivity contribution < 1.29 is 17.6 Å². The molecular weight excluding hydrogens is 357 g/mol. The van der Waals surface area contributed by atoms with Gasteiger partial charge in [0.15, 0.2) is 0 Å². The van der Waals surface area contributed by atoms with Gasteiger partial charge >= 0.3 is 0 Å². The van der Waals surface area contributed by atoms with Crippen LogP contribution < -0.4 is 10.6 Å². The molecule has 0 heterocycles. The molecule has 0 unspecified atom stereocenters. The molecule has 0 saturated carbocycles. The molecule has 0 aliphatic heterocycles. The minimum atomic E-state index is -3.63. The van der Waals surface area contributed by atoms with E-state index in [9.17, 15) is 17.6 Å². The summed E-state index contributed by atoms with van der Waals surface area (Å²) in [6.07, 6.45) is -0.0199. The summed E-state index contributed by atoms with van der Waals surface area (Å²) in [5.74, 6) is -0.781. The van der Waals surface area contributed by atoms with Gasteiger partial charge in [-0.15, -0.1) is 0 Å². The van der Waals surface area contributed by atoms with Crippen molar-refractivity contribution in [1.82, 2.24) is 4.31 Å². The monoisotopic (exact) mass is 379 g/mol. The SMILES string of the molecule is CCNc1ccc(S(=O)(=O)N(C)C)cc1NC(=O)Cc1cccc(F)c1. The topological polar surface area (TPSA) is 78.5 Å². The summed E-state index contributed by atoms with van der Waals surface area (Å²) in [6.45, 7) is 2.50. The average Bonchev–Trinajstić information content (AvgIpc) is 2.56. The largest absolute Gasteiger partial charge is 0.384 e. The van der Waals surface area contributed by atoms with E-state index in [4.69, 9.17) is 0 Å². The zero-order valence-corrected chi connectivity index (χ0v) is 15.7. The van der Waals surface area contributed by atoms with Gasteiger partial charge in [-0.25, -0.2) is 17.1 Å². The van der Waals surface area contributed by atoms with Crippen molar-refractivity contribution in [3.63, 3.8) is 0 Å². The lowest BCUT2D eigenvalue weighted by atomic mass is 10.1. The van der Waals surface area contributed by atoms with Crippen molar-refractivity contribution in [2.75, 3.05) is 31.3 Å². The van der Waals surface area contributed by atoms with E-state index in [1.165, 1.54) is 44.4 Å². The Morgan fingerprint density at radius 3 is 2.46 bits per heavy atom. The van der Waals surface area contributed by atoms with Crippen LogP contribution in [0.25, 0.3) is 0 Å². The molecule has 0 aromatic heterocycles. The van der Waals surface area contributed by atoms with Crippen LogP contribution in [0.15, 0.2) is 47.4 Å². The van der Waals surface area contributed by atoms with Crippen LogP contribution in [0.3, 0.4) is 0 Å². The Morgan fingerprint density at radius 2 is 1.85 bits per heavy atom. The first-order chi connectivity index (χ1) is 12.2. The van der Waals surface area contributed by atoms with E-state index < -0.39 is 15.8 Å². The molecule has 26 heavy (non-hydrogen) atoms. The highest BCUT2D eigenvalue weighted by Gasteiger charge is 2.19. The zero-order chi connectivity index (χ0) is 19.3. The fourth-order valence-corrected chi connectivity index (χ4v) is 3.30. The van der Waals surface area contributed by atoms with Crippen LogP contribution in [0.5, 0.6) is 0 Å². The number of halogens is 1. The fraction of sp³-hybridized carbons (Fsp3) is 0.278. The maximum Gasteiger partial charge on any atom is 0.242 e. The van der Waals surface area contributed by atoms with E-state index in [0.717, 1.165) is 4.31 Å². The number of amides is 1. The smallest absolute Gasteiger partial charge is 0.242 e. The van der Waals surface area contributed by atoms with Gasteiger partial charge in [0.2, 0.25) is 15.9 Å². The van der Waals surface area contributed by atoms with Gasteiger partial charge < -0.3 is 10.6 Å². The second kappa shape index (κ2) is 8.29. The zero-order valence-electron chi connectivity index (χ0n) is 14.9. The standard InChI is InChI=1S/C18H22FN3O3S/c1-4-20-16-9-8-15(26(24,25)22(2)3)12-17(16)21-18(23)11-13-6-5-7-14(19)10-13/h5-10,12,20H,4,11H2,1-3H3,(H,21,23). The van der Waals surface area contributed by atoms with E-state index in [0.29, 0.717) is 23.5 Å². The molecule has 0 aliphatic carbocycles. The van der Waals surface area contributed by atoms with E-state index >= 15 is 0 Å². The first-order valence-corrected chi connectivity index (χ1v) is 9.52. The number of benzene rings is 2. The summed E-state index contributed by atoms with van der Waals surface area (Å²) in [4.78, 5) is 12.4. The van der Waals surface area contributed by atoms with Gasteiger partial charge in [-0.3, -0.25) is 4.79 Å². The number of carbonyl (C=O) groups is 1. The van der Waals surface area contributed by atoms with E-state index in [1.54, 1.807) is 12.1 Å². The van der Waals surface area contributed by atoms with Crippen LogP contribution in [0.2, 0.25) is 0 Å². The van der Waals surface area contributed by atoms with Gasteiger partial charge in [-0.2, -0.15) is 0 Å².